The van der Waals surface area contributed by atoms with E-state index in [2.05, 4.69) is 20.1 Å². The molecule has 0 saturated heterocycles. The molecule has 3 aromatic rings. The first-order valence-electron chi connectivity index (χ1n) is 11.4. The molecule has 2 N–H and O–H groups in total. The number of anilines is 1. The minimum atomic E-state index is -3.00. The molecule has 0 radical (unpaired) electrons. The van der Waals surface area contributed by atoms with Crippen molar-refractivity contribution in [3.63, 3.8) is 0 Å². The Morgan fingerprint density at radius 3 is 2.61 bits per heavy atom. The van der Waals surface area contributed by atoms with Gasteiger partial charge in [-0.05, 0) is 54.4 Å². The molecule has 2 amide bonds. The number of nitrogens with zero attached hydrogens (tertiary/aromatic N) is 2. The van der Waals surface area contributed by atoms with Crippen LogP contribution in [0.15, 0.2) is 65.9 Å². The molecule has 0 fully saturated rings. The lowest BCUT2D eigenvalue weighted by Crippen LogP contribution is -2.36. The average Bonchev–Trinajstić information content (AvgIpc) is 3.41. The number of hydrazone groups is 1. The van der Waals surface area contributed by atoms with Crippen LogP contribution in [0.4, 0.5) is 14.5 Å². The smallest absolute Gasteiger partial charge is 0.387 e. The molecule has 2 aromatic carbocycles. The van der Waals surface area contributed by atoms with Gasteiger partial charge in [0.25, 0.3) is 5.91 Å². The predicted molar refractivity (Wildman–Crippen MR) is 130 cm³/mol. The summed E-state index contributed by atoms with van der Waals surface area (Å²) in [5.41, 5.74) is 3.08. The van der Waals surface area contributed by atoms with Gasteiger partial charge in [-0.2, -0.15) is 13.9 Å². The number of benzene rings is 2. The number of hydrogen-bond acceptors (Lipinski definition) is 5. The number of amides is 2. The van der Waals surface area contributed by atoms with Gasteiger partial charge < -0.3 is 19.8 Å². The molecule has 1 aliphatic rings. The van der Waals surface area contributed by atoms with Crippen molar-refractivity contribution in [1.82, 2.24) is 9.99 Å². The Labute approximate surface area is 206 Å². The van der Waals surface area contributed by atoms with Crippen molar-refractivity contribution in [2.45, 2.75) is 32.9 Å². The molecule has 36 heavy (non-hydrogen) atoms. The number of nitrogens with one attached hydrogen (secondary N) is 2. The fourth-order valence-corrected chi connectivity index (χ4v) is 4.00. The second-order valence-electron chi connectivity index (χ2n) is 8.22. The van der Waals surface area contributed by atoms with Crippen LogP contribution in [0, 0.1) is 5.92 Å². The lowest BCUT2D eigenvalue weighted by atomic mass is 9.89. The predicted octanol–water partition coefficient (Wildman–Crippen LogP) is 5.04. The normalized spacial score (nSPS) is 15.6. The lowest BCUT2D eigenvalue weighted by molar-refractivity contribution is -0.133. The van der Waals surface area contributed by atoms with Crippen LogP contribution in [0.5, 0.6) is 11.5 Å². The Morgan fingerprint density at radius 1 is 1.19 bits per heavy atom. The summed E-state index contributed by atoms with van der Waals surface area (Å²) in [5, 5.41) is 8.78. The van der Waals surface area contributed by atoms with Gasteiger partial charge in [-0.3, -0.25) is 9.59 Å². The maximum absolute atomic E-state index is 12.9. The average molecular weight is 497 g/mol. The Balaban J connectivity index is 1.54. The van der Waals surface area contributed by atoms with E-state index in [-0.39, 0.29) is 42.2 Å². The number of ether oxygens (including phenoxy) is 2. The maximum Gasteiger partial charge on any atom is 0.387 e. The first-order chi connectivity index (χ1) is 17.4. The first kappa shape index (κ1) is 24.9. The third-order valence-corrected chi connectivity index (χ3v) is 5.88. The summed E-state index contributed by atoms with van der Waals surface area (Å²) < 4.78 is 35.5. The van der Waals surface area contributed by atoms with Crippen molar-refractivity contribution in [2.24, 2.45) is 11.0 Å². The zero-order valence-electron chi connectivity index (χ0n) is 19.8. The number of alkyl halides is 2. The number of carbonyl (C=O) groups is 2. The number of halogens is 2. The van der Waals surface area contributed by atoms with E-state index in [1.54, 1.807) is 54.7 Å². The molecular formula is C26H26F2N4O4. The fourth-order valence-electron chi connectivity index (χ4n) is 4.00. The Bertz CT molecular complexity index is 1240. The van der Waals surface area contributed by atoms with E-state index in [4.69, 9.17) is 4.74 Å². The molecule has 0 saturated carbocycles. The van der Waals surface area contributed by atoms with Crippen LogP contribution in [0.1, 0.15) is 41.4 Å². The van der Waals surface area contributed by atoms with Crippen LogP contribution in [-0.2, 0) is 11.3 Å². The van der Waals surface area contributed by atoms with Gasteiger partial charge >= 0.3 is 6.61 Å². The van der Waals surface area contributed by atoms with Gasteiger partial charge in [0.1, 0.15) is 5.69 Å². The molecule has 0 spiro atoms. The van der Waals surface area contributed by atoms with E-state index >= 15 is 0 Å². The van der Waals surface area contributed by atoms with Crippen LogP contribution in [0.2, 0.25) is 0 Å². The fraction of sp³-hybridized carbons (Fsp3) is 0.269. The van der Waals surface area contributed by atoms with E-state index in [0.29, 0.717) is 29.1 Å². The molecule has 4 rings (SSSR count). The molecule has 1 unspecified atom stereocenters. The molecule has 1 atom stereocenters. The molecule has 2 heterocycles. The van der Waals surface area contributed by atoms with E-state index in [1.165, 1.54) is 18.2 Å². The van der Waals surface area contributed by atoms with E-state index in [0.717, 1.165) is 5.56 Å². The topological polar surface area (TPSA) is 96.0 Å². The molecule has 188 valence electrons. The third-order valence-electron chi connectivity index (χ3n) is 5.88. The second-order valence-corrected chi connectivity index (χ2v) is 8.22. The molecule has 10 heteroatoms. The van der Waals surface area contributed by atoms with Gasteiger partial charge in [0.15, 0.2) is 11.5 Å². The van der Waals surface area contributed by atoms with Gasteiger partial charge in [-0.15, -0.1) is 0 Å². The summed E-state index contributed by atoms with van der Waals surface area (Å²) >= 11 is 0. The highest BCUT2D eigenvalue weighted by Crippen LogP contribution is 2.33. The zero-order valence-corrected chi connectivity index (χ0v) is 19.8. The quantitative estimate of drug-likeness (QED) is 0.434. The van der Waals surface area contributed by atoms with Crippen molar-refractivity contribution >= 4 is 23.2 Å². The van der Waals surface area contributed by atoms with Gasteiger partial charge in [-0.1, -0.05) is 19.1 Å². The number of aromatic nitrogens is 1. The molecular weight excluding hydrogens is 470 g/mol. The second kappa shape index (κ2) is 11.0. The minimum absolute atomic E-state index is 0.0945. The number of hydrogen-bond donors (Lipinski definition) is 2. The number of carbonyl (C=O) groups excluding carboxylic acids is 2. The van der Waals surface area contributed by atoms with Crippen molar-refractivity contribution < 1.29 is 27.8 Å². The minimum Gasteiger partial charge on any atom is -0.493 e. The maximum atomic E-state index is 12.9. The SMILES string of the molecule is CCC1CC(=O)N(Cc2ccc(NC(=O)c3ccc[nH]3)cc2)N=C1c1ccc(OC)c(OC(F)F)c1. The molecule has 0 aliphatic carbocycles. The van der Waals surface area contributed by atoms with Gasteiger partial charge in [0.2, 0.25) is 5.91 Å². The molecule has 1 aromatic heterocycles. The Morgan fingerprint density at radius 2 is 1.97 bits per heavy atom. The van der Waals surface area contributed by atoms with E-state index in [1.807, 2.05) is 6.92 Å². The third kappa shape index (κ3) is 5.70. The van der Waals surface area contributed by atoms with E-state index in [9.17, 15) is 18.4 Å². The Hall–Kier alpha value is -4.21. The van der Waals surface area contributed by atoms with Crippen molar-refractivity contribution in [3.05, 3.63) is 77.6 Å². The summed E-state index contributed by atoms with van der Waals surface area (Å²) in [6, 6.07) is 15.3. The van der Waals surface area contributed by atoms with Crippen LogP contribution < -0.4 is 14.8 Å². The number of methoxy groups -OCH3 is 1. The Kier molecular flexibility index (Phi) is 7.62. The van der Waals surface area contributed by atoms with E-state index < -0.39 is 6.61 Å². The largest absolute Gasteiger partial charge is 0.493 e. The van der Waals surface area contributed by atoms with Crippen LogP contribution in [0.3, 0.4) is 0 Å². The number of aromatic amines is 1. The lowest BCUT2D eigenvalue weighted by Gasteiger charge is -2.29. The zero-order chi connectivity index (χ0) is 25.7. The summed E-state index contributed by atoms with van der Waals surface area (Å²) in [4.78, 5) is 27.9. The highest BCUT2D eigenvalue weighted by Gasteiger charge is 2.30. The van der Waals surface area contributed by atoms with Crippen molar-refractivity contribution in [1.29, 1.82) is 0 Å². The summed E-state index contributed by atoms with van der Waals surface area (Å²) in [7, 11) is 1.37. The highest BCUT2D eigenvalue weighted by molar-refractivity contribution is 6.06. The van der Waals surface area contributed by atoms with Crippen LogP contribution >= 0.6 is 0 Å². The highest BCUT2D eigenvalue weighted by atomic mass is 19.3. The molecule has 8 nitrogen and oxygen atoms in total. The van der Waals surface area contributed by atoms with Gasteiger partial charge in [-0.25, -0.2) is 5.01 Å². The number of H-pyrrole nitrogens is 1. The molecule has 1 aliphatic heterocycles. The van der Waals surface area contributed by atoms with Crippen LogP contribution in [-0.4, -0.2) is 41.2 Å². The summed E-state index contributed by atoms with van der Waals surface area (Å²) in [6.45, 7) is -0.832. The van der Waals surface area contributed by atoms with Crippen molar-refractivity contribution in [3.8, 4) is 11.5 Å². The van der Waals surface area contributed by atoms with Crippen molar-refractivity contribution in [2.75, 3.05) is 12.4 Å². The summed E-state index contributed by atoms with van der Waals surface area (Å²) in [6.07, 6.45) is 2.57. The molecule has 0 bridgehead atoms. The monoisotopic (exact) mass is 496 g/mol. The summed E-state index contributed by atoms with van der Waals surface area (Å²) in [5.74, 6) is -0.462. The standard InChI is InChI=1S/C26H26F2N4O4/c1-3-17-14-23(33)32(31-24(17)18-8-11-21(35-2)22(13-18)36-26(27)28)15-16-6-9-19(10-7-16)30-25(34)20-5-4-12-29-20/h4-13,17,26,29H,3,14-15H2,1-2H3,(H,30,34). The van der Waals surface area contributed by atoms with Gasteiger partial charge in [0.05, 0.1) is 19.4 Å². The van der Waals surface area contributed by atoms with Crippen LogP contribution in [0.25, 0.3) is 0 Å². The first-order valence-corrected chi connectivity index (χ1v) is 11.4. The van der Waals surface area contributed by atoms with Gasteiger partial charge in [0, 0.05) is 29.8 Å². The number of rotatable bonds is 9.